The minimum Gasteiger partial charge on any atom is -0.492 e. The molecule has 1 fully saturated rings. The molecule has 0 aliphatic carbocycles. The number of hydrogen-bond acceptors (Lipinski definition) is 3. The molecular weight excluding hydrogens is 284 g/mol. The van der Waals surface area contributed by atoms with Crippen LogP contribution in [0.25, 0.3) is 0 Å². The summed E-state index contributed by atoms with van der Waals surface area (Å²) in [6.45, 7) is 5.35. The normalized spacial score (nSPS) is 22.1. The molecule has 2 aromatic carbocycles. The van der Waals surface area contributed by atoms with Crippen LogP contribution in [0.4, 0.5) is 5.69 Å². The quantitative estimate of drug-likeness (QED) is 0.847. The second kappa shape index (κ2) is 6.63. The third kappa shape index (κ3) is 3.20. The summed E-state index contributed by atoms with van der Waals surface area (Å²) in [5.41, 5.74) is 2.70. The van der Waals surface area contributed by atoms with Gasteiger partial charge in [0.25, 0.3) is 0 Å². The van der Waals surface area contributed by atoms with Crippen molar-refractivity contribution in [3.05, 3.63) is 60.2 Å². The van der Waals surface area contributed by atoms with Crippen LogP contribution in [0, 0.1) is 0 Å². The van der Waals surface area contributed by atoms with Gasteiger partial charge >= 0.3 is 0 Å². The number of para-hydroxylation sites is 2. The topological polar surface area (TPSA) is 15.7 Å². The molecule has 0 spiro atoms. The molecule has 0 saturated carbocycles. The van der Waals surface area contributed by atoms with Gasteiger partial charge in [0.2, 0.25) is 0 Å². The van der Waals surface area contributed by atoms with Gasteiger partial charge in [-0.3, -0.25) is 4.90 Å². The second-order valence-electron chi connectivity index (χ2n) is 6.49. The molecule has 0 radical (unpaired) electrons. The molecule has 2 aliphatic heterocycles. The fourth-order valence-corrected chi connectivity index (χ4v) is 3.75. The summed E-state index contributed by atoms with van der Waals surface area (Å²) in [6.07, 6.45) is 2.33. The lowest BCUT2D eigenvalue weighted by atomic mass is 10.0. The minimum atomic E-state index is 0.514. The highest BCUT2D eigenvalue weighted by atomic mass is 16.5. The monoisotopic (exact) mass is 308 g/mol. The van der Waals surface area contributed by atoms with Crippen molar-refractivity contribution in [1.29, 1.82) is 0 Å². The van der Waals surface area contributed by atoms with Crippen LogP contribution in [0.5, 0.6) is 5.75 Å². The molecule has 1 saturated heterocycles. The van der Waals surface area contributed by atoms with E-state index < -0.39 is 0 Å². The molecule has 3 heteroatoms. The van der Waals surface area contributed by atoms with E-state index in [4.69, 9.17) is 4.74 Å². The summed E-state index contributed by atoms with van der Waals surface area (Å²) >= 11 is 0. The van der Waals surface area contributed by atoms with Crippen molar-refractivity contribution in [1.82, 2.24) is 4.90 Å². The maximum atomic E-state index is 5.99. The van der Waals surface area contributed by atoms with E-state index in [1.54, 1.807) is 0 Å². The lowest BCUT2D eigenvalue weighted by Gasteiger charge is -2.34. The smallest absolute Gasteiger partial charge is 0.122 e. The van der Waals surface area contributed by atoms with E-state index in [0.717, 1.165) is 38.4 Å². The van der Waals surface area contributed by atoms with Gasteiger partial charge < -0.3 is 9.64 Å². The van der Waals surface area contributed by atoms with Gasteiger partial charge in [-0.05, 0) is 36.6 Å². The molecule has 3 nitrogen and oxygen atoms in total. The molecule has 0 bridgehead atoms. The summed E-state index contributed by atoms with van der Waals surface area (Å²) < 4.78 is 5.99. The third-order valence-corrected chi connectivity index (χ3v) is 5.03. The molecule has 0 N–H and O–H groups in total. The number of nitrogens with zero attached hydrogens (tertiary/aromatic N) is 2. The Morgan fingerprint density at radius 2 is 1.65 bits per heavy atom. The molecule has 4 rings (SSSR count). The lowest BCUT2D eigenvalue weighted by Crippen LogP contribution is -2.44. The summed E-state index contributed by atoms with van der Waals surface area (Å²) in [5, 5.41) is 0. The average molecular weight is 308 g/mol. The van der Waals surface area contributed by atoms with Gasteiger partial charge in [-0.2, -0.15) is 0 Å². The zero-order valence-electron chi connectivity index (χ0n) is 13.5. The van der Waals surface area contributed by atoms with E-state index in [9.17, 15) is 0 Å². The number of rotatable bonds is 2. The van der Waals surface area contributed by atoms with E-state index in [1.807, 2.05) is 0 Å². The second-order valence-corrected chi connectivity index (χ2v) is 6.49. The van der Waals surface area contributed by atoms with Crippen LogP contribution in [0.15, 0.2) is 54.6 Å². The van der Waals surface area contributed by atoms with E-state index in [2.05, 4.69) is 64.4 Å². The Bertz CT molecular complexity index is 643. The first-order valence-electron chi connectivity index (χ1n) is 8.65. The summed E-state index contributed by atoms with van der Waals surface area (Å²) in [4.78, 5) is 5.14. The number of anilines is 1. The van der Waals surface area contributed by atoms with Gasteiger partial charge in [-0.15, -0.1) is 0 Å². The molecule has 0 aromatic heterocycles. The molecule has 23 heavy (non-hydrogen) atoms. The number of benzene rings is 2. The summed E-state index contributed by atoms with van der Waals surface area (Å²) in [6, 6.07) is 19.8. The number of ether oxygens (including phenoxy) is 1. The predicted octanol–water partition coefficient (Wildman–Crippen LogP) is 3.20. The van der Waals surface area contributed by atoms with Crippen LogP contribution < -0.4 is 9.64 Å². The fraction of sp³-hybridized carbons (Fsp3) is 0.400. The molecule has 120 valence electrons. The highest BCUT2D eigenvalue weighted by Gasteiger charge is 2.26. The highest BCUT2D eigenvalue weighted by Crippen LogP contribution is 2.27. The Morgan fingerprint density at radius 1 is 0.826 bits per heavy atom. The minimum absolute atomic E-state index is 0.514. The third-order valence-electron chi connectivity index (χ3n) is 5.03. The Labute approximate surface area is 138 Å². The van der Waals surface area contributed by atoms with Gasteiger partial charge in [-0.25, -0.2) is 0 Å². The maximum Gasteiger partial charge on any atom is 0.122 e. The molecule has 1 unspecified atom stereocenters. The zero-order chi connectivity index (χ0) is 15.5. The van der Waals surface area contributed by atoms with E-state index in [0.29, 0.717) is 6.04 Å². The van der Waals surface area contributed by atoms with Crippen LogP contribution in [0.2, 0.25) is 0 Å². The molecule has 2 heterocycles. The Morgan fingerprint density at radius 3 is 2.57 bits per heavy atom. The standard InChI is InChI=1S/C20H24N2O/c1-2-8-18(9-3-1)21-11-6-12-22(14-13-21)19-15-17-7-4-5-10-20(17)23-16-19/h1-5,7-10,19H,6,11-16H2. The lowest BCUT2D eigenvalue weighted by molar-refractivity contribution is 0.126. The average Bonchev–Trinajstić information content (AvgIpc) is 2.88. The number of fused-ring (bicyclic) bond motifs is 1. The van der Waals surface area contributed by atoms with Gasteiger partial charge in [0.1, 0.15) is 12.4 Å². The first kappa shape index (κ1) is 14.6. The van der Waals surface area contributed by atoms with Crippen LogP contribution in [-0.4, -0.2) is 43.7 Å². The van der Waals surface area contributed by atoms with Crippen molar-refractivity contribution >= 4 is 5.69 Å². The number of hydrogen-bond donors (Lipinski definition) is 0. The van der Waals surface area contributed by atoms with Crippen molar-refractivity contribution in [2.24, 2.45) is 0 Å². The molecule has 2 aliphatic rings. The van der Waals surface area contributed by atoms with Crippen LogP contribution in [0.3, 0.4) is 0 Å². The van der Waals surface area contributed by atoms with Crippen LogP contribution in [-0.2, 0) is 6.42 Å². The van der Waals surface area contributed by atoms with Gasteiger partial charge in [0.15, 0.2) is 0 Å². The van der Waals surface area contributed by atoms with Crippen molar-refractivity contribution in [3.8, 4) is 5.75 Å². The SMILES string of the molecule is c1ccc(N2CCCN(C3COc4ccccc4C3)CC2)cc1. The van der Waals surface area contributed by atoms with Gasteiger partial charge in [0.05, 0.1) is 0 Å². The molecular formula is C20H24N2O. The molecule has 1 atom stereocenters. The van der Waals surface area contributed by atoms with E-state index in [-0.39, 0.29) is 0 Å². The Hall–Kier alpha value is -2.00. The Balaban J connectivity index is 1.42. The van der Waals surface area contributed by atoms with Crippen molar-refractivity contribution < 1.29 is 4.74 Å². The van der Waals surface area contributed by atoms with Crippen LogP contribution >= 0.6 is 0 Å². The summed E-state index contributed by atoms with van der Waals surface area (Å²) in [7, 11) is 0. The van der Waals surface area contributed by atoms with E-state index in [1.165, 1.54) is 24.2 Å². The van der Waals surface area contributed by atoms with Crippen molar-refractivity contribution in [2.45, 2.75) is 18.9 Å². The molecule has 0 amide bonds. The fourth-order valence-electron chi connectivity index (χ4n) is 3.75. The van der Waals surface area contributed by atoms with Gasteiger partial charge in [-0.1, -0.05) is 36.4 Å². The summed E-state index contributed by atoms with van der Waals surface area (Å²) in [5.74, 6) is 1.07. The van der Waals surface area contributed by atoms with Crippen molar-refractivity contribution in [3.63, 3.8) is 0 Å². The van der Waals surface area contributed by atoms with Crippen molar-refractivity contribution in [2.75, 3.05) is 37.7 Å². The largest absolute Gasteiger partial charge is 0.492 e. The van der Waals surface area contributed by atoms with Gasteiger partial charge in [0, 0.05) is 37.9 Å². The zero-order valence-corrected chi connectivity index (χ0v) is 13.5. The first-order valence-corrected chi connectivity index (χ1v) is 8.65. The predicted molar refractivity (Wildman–Crippen MR) is 94.3 cm³/mol. The maximum absolute atomic E-state index is 5.99. The Kier molecular flexibility index (Phi) is 4.20. The molecule has 2 aromatic rings. The highest BCUT2D eigenvalue weighted by molar-refractivity contribution is 5.46. The van der Waals surface area contributed by atoms with E-state index >= 15 is 0 Å². The van der Waals surface area contributed by atoms with Crippen LogP contribution in [0.1, 0.15) is 12.0 Å². The first-order chi connectivity index (χ1) is 11.4.